The summed E-state index contributed by atoms with van der Waals surface area (Å²) in [4.78, 5) is 26.6. The van der Waals surface area contributed by atoms with E-state index in [1.165, 1.54) is 18.6 Å². The van der Waals surface area contributed by atoms with Crippen molar-refractivity contribution in [3.05, 3.63) is 98.7 Å². The predicted octanol–water partition coefficient (Wildman–Crippen LogP) is 5.56. The fraction of sp³-hybridized carbons (Fsp3) is 0.0769. The first-order valence-corrected chi connectivity index (χ1v) is 9.81. The smallest absolute Gasteiger partial charge is 0.204 e. The predicted molar refractivity (Wildman–Crippen MR) is 121 cm³/mol. The summed E-state index contributed by atoms with van der Waals surface area (Å²) in [7, 11) is 0. The van der Waals surface area contributed by atoms with Crippen LogP contribution in [0.2, 0.25) is 0 Å². The molecule has 31 heavy (non-hydrogen) atoms. The van der Waals surface area contributed by atoms with Gasteiger partial charge in [0.05, 0.1) is 11.1 Å². The lowest BCUT2D eigenvalue weighted by molar-refractivity contribution is 0.478. The van der Waals surface area contributed by atoms with Gasteiger partial charge in [-0.1, -0.05) is 59.7 Å². The quantitative estimate of drug-likeness (QED) is 0.386. The van der Waals surface area contributed by atoms with E-state index in [-0.39, 0.29) is 33.1 Å². The lowest BCUT2D eigenvalue weighted by atomic mass is 10.0. The van der Waals surface area contributed by atoms with E-state index in [4.69, 9.17) is 8.83 Å². The second kappa shape index (κ2) is 6.99. The van der Waals surface area contributed by atoms with Crippen molar-refractivity contribution in [3.63, 3.8) is 0 Å². The second-order valence-corrected chi connectivity index (χ2v) is 7.66. The Balaban J connectivity index is 1.83. The third-order valence-corrected chi connectivity index (χ3v) is 5.49. The minimum atomic E-state index is -0.412. The highest BCUT2D eigenvalue weighted by Crippen LogP contribution is 2.32. The summed E-state index contributed by atoms with van der Waals surface area (Å²) in [5, 5.41) is 10.6. The summed E-state index contributed by atoms with van der Waals surface area (Å²) in [6.07, 6.45) is 2.69. The summed E-state index contributed by atoms with van der Waals surface area (Å²) in [6.45, 7) is 3.92. The van der Waals surface area contributed by atoms with Crippen molar-refractivity contribution in [3.8, 4) is 28.0 Å². The van der Waals surface area contributed by atoms with E-state index in [9.17, 15) is 14.7 Å². The Morgan fingerprint density at radius 2 is 1.16 bits per heavy atom. The molecule has 0 radical (unpaired) electrons. The van der Waals surface area contributed by atoms with Gasteiger partial charge in [0.1, 0.15) is 34.6 Å². The third kappa shape index (κ3) is 3.02. The molecule has 0 spiro atoms. The molecule has 0 saturated carbocycles. The Morgan fingerprint density at radius 3 is 1.71 bits per heavy atom. The van der Waals surface area contributed by atoms with Gasteiger partial charge in [-0.2, -0.15) is 0 Å². The van der Waals surface area contributed by atoms with Crippen LogP contribution in [0.1, 0.15) is 11.1 Å². The molecule has 0 atom stereocenters. The summed E-state index contributed by atoms with van der Waals surface area (Å²) in [5.41, 5.74) is 3.57. The molecule has 0 aliphatic rings. The molecule has 5 nitrogen and oxygen atoms in total. The maximum Gasteiger partial charge on any atom is 0.204 e. The summed E-state index contributed by atoms with van der Waals surface area (Å²) < 4.78 is 11.4. The number of rotatable bonds is 2. The van der Waals surface area contributed by atoms with E-state index in [2.05, 4.69) is 0 Å². The fourth-order valence-electron chi connectivity index (χ4n) is 3.75. The first-order chi connectivity index (χ1) is 14.9. The number of fused-ring (bicyclic) bond motifs is 3. The van der Waals surface area contributed by atoms with E-state index in [0.717, 1.165) is 11.1 Å². The molecule has 5 heteroatoms. The van der Waals surface area contributed by atoms with E-state index in [0.29, 0.717) is 22.3 Å². The van der Waals surface area contributed by atoms with Gasteiger partial charge in [0.15, 0.2) is 5.58 Å². The van der Waals surface area contributed by atoms with Gasteiger partial charge in [-0.15, -0.1) is 0 Å². The van der Waals surface area contributed by atoms with Gasteiger partial charge in [0.25, 0.3) is 0 Å². The lowest BCUT2D eigenvalue weighted by Gasteiger charge is -2.08. The van der Waals surface area contributed by atoms with Gasteiger partial charge in [-0.05, 0) is 25.0 Å². The minimum Gasteiger partial charge on any atom is -0.507 e. The first-order valence-electron chi connectivity index (χ1n) is 9.81. The van der Waals surface area contributed by atoms with Gasteiger partial charge >= 0.3 is 0 Å². The summed E-state index contributed by atoms with van der Waals surface area (Å²) in [6, 6.07) is 16.2. The highest BCUT2D eigenvalue weighted by molar-refractivity contribution is 6.06. The molecule has 0 unspecified atom stereocenters. The van der Waals surface area contributed by atoms with Crippen LogP contribution in [0, 0.1) is 13.8 Å². The Kier molecular flexibility index (Phi) is 4.26. The molecule has 0 fully saturated rings. The molecule has 2 aromatic heterocycles. The molecule has 0 amide bonds. The Hall–Kier alpha value is -4.12. The highest BCUT2D eigenvalue weighted by Gasteiger charge is 2.20. The van der Waals surface area contributed by atoms with Gasteiger partial charge in [-0.3, -0.25) is 9.59 Å². The van der Waals surface area contributed by atoms with E-state index in [1.807, 2.05) is 62.4 Å². The number of benzene rings is 3. The Bertz CT molecular complexity index is 1570. The van der Waals surface area contributed by atoms with Crippen LogP contribution >= 0.6 is 0 Å². The number of aromatic hydroxyl groups is 1. The number of phenolic OH excluding ortho intramolecular Hbond substituents is 1. The minimum absolute atomic E-state index is 0.0126. The third-order valence-electron chi connectivity index (χ3n) is 5.49. The monoisotopic (exact) mass is 410 g/mol. The maximum absolute atomic E-state index is 13.3. The van der Waals surface area contributed by atoms with Crippen molar-refractivity contribution in [2.75, 3.05) is 0 Å². The van der Waals surface area contributed by atoms with Gasteiger partial charge in [0, 0.05) is 6.07 Å². The maximum atomic E-state index is 13.3. The molecule has 0 aliphatic carbocycles. The normalized spacial score (nSPS) is 11.3. The molecule has 0 aliphatic heterocycles. The van der Waals surface area contributed by atoms with Gasteiger partial charge < -0.3 is 13.9 Å². The van der Waals surface area contributed by atoms with Crippen molar-refractivity contribution in [2.24, 2.45) is 0 Å². The van der Waals surface area contributed by atoms with E-state index >= 15 is 0 Å². The van der Waals surface area contributed by atoms with Crippen LogP contribution in [0.3, 0.4) is 0 Å². The number of hydrogen-bond acceptors (Lipinski definition) is 5. The Labute approximate surface area is 176 Å². The first kappa shape index (κ1) is 18.9. The number of aryl methyl sites for hydroxylation is 2. The standard InChI is InChI=1S/C26H18O5/c1-14-3-7-16(8-4-14)18-12-30-21-11-20(27)22-24(28)19(17-9-5-15(2)6-10-17)13-31-26(22)23(21)25(18)29/h3-13,27H,1-2H3. The van der Waals surface area contributed by atoms with Gasteiger partial charge in [-0.25, -0.2) is 0 Å². The van der Waals surface area contributed by atoms with Crippen molar-refractivity contribution >= 4 is 21.9 Å². The van der Waals surface area contributed by atoms with Crippen LogP contribution in [0.15, 0.2) is 85.5 Å². The van der Waals surface area contributed by atoms with Gasteiger partial charge in [0.2, 0.25) is 10.9 Å². The van der Waals surface area contributed by atoms with Crippen molar-refractivity contribution < 1.29 is 13.9 Å². The zero-order valence-corrected chi connectivity index (χ0v) is 16.9. The van der Waals surface area contributed by atoms with Crippen LogP contribution in [0.4, 0.5) is 0 Å². The average molecular weight is 410 g/mol. The van der Waals surface area contributed by atoms with Crippen molar-refractivity contribution in [2.45, 2.75) is 13.8 Å². The van der Waals surface area contributed by atoms with Crippen LogP contribution in [0.25, 0.3) is 44.2 Å². The topological polar surface area (TPSA) is 80.7 Å². The van der Waals surface area contributed by atoms with Crippen LogP contribution < -0.4 is 10.9 Å². The Morgan fingerprint density at radius 1 is 0.677 bits per heavy atom. The molecule has 0 saturated heterocycles. The number of hydrogen-bond donors (Lipinski definition) is 1. The van der Waals surface area contributed by atoms with Crippen LogP contribution in [0.5, 0.6) is 5.75 Å². The molecule has 152 valence electrons. The zero-order chi connectivity index (χ0) is 21.7. The molecule has 5 aromatic rings. The van der Waals surface area contributed by atoms with Crippen molar-refractivity contribution in [1.29, 1.82) is 0 Å². The molecule has 5 rings (SSSR count). The SMILES string of the molecule is Cc1ccc(-c2coc3c(c(O)cc4occ(-c5ccc(C)cc5)c(=O)c43)c2=O)cc1. The van der Waals surface area contributed by atoms with Crippen molar-refractivity contribution in [1.82, 2.24) is 0 Å². The fourth-order valence-corrected chi connectivity index (χ4v) is 3.75. The molecular weight excluding hydrogens is 392 g/mol. The summed E-state index contributed by atoms with van der Waals surface area (Å²) >= 11 is 0. The van der Waals surface area contributed by atoms with E-state index < -0.39 is 5.43 Å². The highest BCUT2D eigenvalue weighted by atomic mass is 16.3. The summed E-state index contributed by atoms with van der Waals surface area (Å²) in [5.74, 6) is -0.295. The largest absolute Gasteiger partial charge is 0.507 e. The second-order valence-electron chi connectivity index (χ2n) is 7.66. The average Bonchev–Trinajstić information content (AvgIpc) is 2.75. The lowest BCUT2D eigenvalue weighted by Crippen LogP contribution is -2.09. The molecule has 1 N–H and O–H groups in total. The molecular formula is C26H18O5. The van der Waals surface area contributed by atoms with E-state index in [1.54, 1.807) is 0 Å². The van der Waals surface area contributed by atoms with Crippen LogP contribution in [-0.2, 0) is 0 Å². The molecule has 0 bridgehead atoms. The number of phenols is 1. The zero-order valence-electron chi connectivity index (χ0n) is 16.9. The van der Waals surface area contributed by atoms with Crippen LogP contribution in [-0.4, -0.2) is 5.11 Å². The molecule has 2 heterocycles. The molecule has 3 aromatic carbocycles.